The minimum Gasteiger partial charge on any atom is -0.325 e. The summed E-state index contributed by atoms with van der Waals surface area (Å²) < 4.78 is 0. The predicted octanol–water partition coefficient (Wildman–Crippen LogP) is 6.64. The largest absolute Gasteiger partial charge is 0.325 e. The summed E-state index contributed by atoms with van der Waals surface area (Å²) in [6.45, 7) is 9.51. The van der Waals surface area contributed by atoms with E-state index >= 15 is 0 Å². The van der Waals surface area contributed by atoms with Crippen LogP contribution in [-0.4, -0.2) is 16.8 Å². The number of para-hydroxylation sites is 1. The second-order valence-corrected chi connectivity index (χ2v) is 10.9. The number of carbonyl (C=O) groups excluding carboxylic acids is 3. The van der Waals surface area contributed by atoms with Gasteiger partial charge in [0.2, 0.25) is 5.91 Å². The number of benzene rings is 1. The lowest BCUT2D eigenvalue weighted by Gasteiger charge is -2.36. The first-order valence-corrected chi connectivity index (χ1v) is 12.0. The maximum Gasteiger partial charge on any atom is 0.230 e. The quantitative estimate of drug-likeness (QED) is 0.445. The molecule has 30 heavy (non-hydrogen) atoms. The molecule has 5 heteroatoms. The average Bonchev–Trinajstić information content (AvgIpc) is 2.67. The standard InChI is InChI=1S/C25H37NO3S/c1-18(2)13-16-25(14-9-6-10-15-25)22(28)26-20-11-7-8-12-21(20)30-23(29)24(4,5)17-19(3)27/h7-8,11-12,18H,6,9-10,13-17H2,1-5H3,(H,26,28). The Bertz CT molecular complexity index is 763. The number of rotatable bonds is 9. The van der Waals surface area contributed by atoms with Crippen molar-refractivity contribution >= 4 is 34.3 Å². The van der Waals surface area contributed by atoms with Crippen molar-refractivity contribution in [3.8, 4) is 0 Å². The third kappa shape index (κ3) is 6.69. The summed E-state index contributed by atoms with van der Waals surface area (Å²) >= 11 is 1.12. The summed E-state index contributed by atoms with van der Waals surface area (Å²) in [4.78, 5) is 38.5. The maximum absolute atomic E-state index is 13.4. The summed E-state index contributed by atoms with van der Waals surface area (Å²) in [6.07, 6.45) is 7.43. The molecule has 1 N–H and O–H groups in total. The van der Waals surface area contributed by atoms with Gasteiger partial charge in [-0.3, -0.25) is 14.4 Å². The highest BCUT2D eigenvalue weighted by Gasteiger charge is 2.39. The van der Waals surface area contributed by atoms with E-state index in [4.69, 9.17) is 0 Å². The number of hydrogen-bond donors (Lipinski definition) is 1. The average molecular weight is 432 g/mol. The molecule has 1 fully saturated rings. The minimum atomic E-state index is -0.741. The zero-order chi connectivity index (χ0) is 22.4. The van der Waals surface area contributed by atoms with Gasteiger partial charge < -0.3 is 5.32 Å². The molecule has 1 aliphatic carbocycles. The fourth-order valence-electron chi connectivity index (χ4n) is 4.23. The van der Waals surface area contributed by atoms with Crippen LogP contribution in [0, 0.1) is 16.7 Å². The molecule has 166 valence electrons. The summed E-state index contributed by atoms with van der Waals surface area (Å²) in [5.74, 6) is 0.659. The number of ketones is 1. The van der Waals surface area contributed by atoms with Crippen molar-refractivity contribution in [2.45, 2.75) is 90.9 Å². The van der Waals surface area contributed by atoms with Gasteiger partial charge in [0, 0.05) is 22.1 Å². The molecule has 4 nitrogen and oxygen atoms in total. The Kier molecular flexibility index (Phi) is 8.72. The Morgan fingerprint density at radius 2 is 1.73 bits per heavy atom. The Morgan fingerprint density at radius 1 is 1.10 bits per heavy atom. The first-order valence-electron chi connectivity index (χ1n) is 11.2. The van der Waals surface area contributed by atoms with E-state index in [1.165, 1.54) is 13.3 Å². The van der Waals surface area contributed by atoms with Crippen LogP contribution in [0.1, 0.15) is 86.0 Å². The van der Waals surface area contributed by atoms with Gasteiger partial charge in [0.15, 0.2) is 5.12 Å². The van der Waals surface area contributed by atoms with E-state index in [-0.39, 0.29) is 28.6 Å². The van der Waals surface area contributed by atoms with Crippen LogP contribution < -0.4 is 5.32 Å². The van der Waals surface area contributed by atoms with Gasteiger partial charge in [0.1, 0.15) is 5.78 Å². The van der Waals surface area contributed by atoms with Crippen LogP contribution in [0.5, 0.6) is 0 Å². The van der Waals surface area contributed by atoms with Crippen LogP contribution >= 0.6 is 11.8 Å². The number of hydrogen-bond acceptors (Lipinski definition) is 4. The Labute approximate surface area is 186 Å². The smallest absolute Gasteiger partial charge is 0.230 e. The van der Waals surface area contributed by atoms with Gasteiger partial charge in [-0.2, -0.15) is 0 Å². The number of amides is 1. The SMILES string of the molecule is CC(=O)CC(C)(C)C(=O)Sc1ccccc1NC(=O)C1(CCC(C)C)CCCCC1. The second kappa shape index (κ2) is 10.6. The zero-order valence-electron chi connectivity index (χ0n) is 19.2. The molecule has 0 spiro atoms. The highest BCUT2D eigenvalue weighted by Crippen LogP contribution is 2.43. The van der Waals surface area contributed by atoms with Crippen molar-refractivity contribution in [2.75, 3.05) is 5.32 Å². The molecule has 0 saturated heterocycles. The van der Waals surface area contributed by atoms with Crippen LogP contribution in [0.4, 0.5) is 5.69 Å². The molecule has 0 unspecified atom stereocenters. The number of anilines is 1. The van der Waals surface area contributed by atoms with E-state index in [2.05, 4.69) is 19.2 Å². The van der Waals surface area contributed by atoms with Gasteiger partial charge in [-0.15, -0.1) is 0 Å². The van der Waals surface area contributed by atoms with Crippen molar-refractivity contribution in [1.29, 1.82) is 0 Å². The van der Waals surface area contributed by atoms with Crippen molar-refractivity contribution in [3.63, 3.8) is 0 Å². The molecule has 0 atom stereocenters. The number of carbonyl (C=O) groups is 3. The lowest BCUT2D eigenvalue weighted by Crippen LogP contribution is -2.38. The minimum absolute atomic E-state index is 0.0000641. The van der Waals surface area contributed by atoms with Gasteiger partial charge in [-0.25, -0.2) is 0 Å². The van der Waals surface area contributed by atoms with E-state index in [1.54, 1.807) is 13.8 Å². The molecule has 1 aromatic rings. The number of Topliss-reactive ketones (excluding diaryl/α,β-unsaturated/α-hetero) is 1. The van der Waals surface area contributed by atoms with Crippen LogP contribution in [0.25, 0.3) is 0 Å². The lowest BCUT2D eigenvalue weighted by molar-refractivity contribution is -0.128. The monoisotopic (exact) mass is 431 g/mol. The van der Waals surface area contributed by atoms with Crippen molar-refractivity contribution in [1.82, 2.24) is 0 Å². The molecule has 0 heterocycles. The first-order chi connectivity index (χ1) is 14.1. The zero-order valence-corrected chi connectivity index (χ0v) is 20.0. The van der Waals surface area contributed by atoms with E-state index in [0.29, 0.717) is 11.6 Å². The molecular formula is C25H37NO3S. The van der Waals surface area contributed by atoms with Gasteiger partial charge in [-0.05, 0) is 62.4 Å². The van der Waals surface area contributed by atoms with Crippen molar-refractivity contribution in [3.05, 3.63) is 24.3 Å². The van der Waals surface area contributed by atoms with E-state index in [9.17, 15) is 14.4 Å². The molecule has 1 saturated carbocycles. The van der Waals surface area contributed by atoms with Gasteiger partial charge in [-0.1, -0.05) is 59.1 Å². The van der Waals surface area contributed by atoms with Gasteiger partial charge >= 0.3 is 0 Å². The van der Waals surface area contributed by atoms with Crippen LogP contribution in [-0.2, 0) is 14.4 Å². The predicted molar refractivity (Wildman–Crippen MR) is 125 cm³/mol. The second-order valence-electron chi connectivity index (χ2n) is 9.88. The molecule has 0 radical (unpaired) electrons. The summed E-state index contributed by atoms with van der Waals surface area (Å²) in [5, 5.41) is 3.10. The molecule has 1 amide bonds. The lowest BCUT2D eigenvalue weighted by atomic mass is 9.69. The van der Waals surface area contributed by atoms with Crippen molar-refractivity contribution < 1.29 is 14.4 Å². The van der Waals surface area contributed by atoms with Crippen LogP contribution in [0.15, 0.2) is 29.2 Å². The van der Waals surface area contributed by atoms with Crippen LogP contribution in [0.3, 0.4) is 0 Å². The topological polar surface area (TPSA) is 63.2 Å². The third-order valence-electron chi connectivity index (χ3n) is 6.07. The maximum atomic E-state index is 13.4. The number of nitrogens with one attached hydrogen (secondary N) is 1. The Balaban J connectivity index is 2.19. The first kappa shape index (κ1) is 24.6. The molecule has 0 aliphatic heterocycles. The Hall–Kier alpha value is -1.62. The fourth-order valence-corrected chi connectivity index (χ4v) is 5.15. The molecule has 0 bridgehead atoms. The molecule has 1 aliphatic rings. The van der Waals surface area contributed by atoms with Gasteiger partial charge in [0.05, 0.1) is 5.69 Å². The van der Waals surface area contributed by atoms with Crippen LogP contribution in [0.2, 0.25) is 0 Å². The molecule has 0 aromatic heterocycles. The van der Waals surface area contributed by atoms with E-state index in [1.807, 2.05) is 24.3 Å². The van der Waals surface area contributed by atoms with E-state index in [0.717, 1.165) is 55.2 Å². The molecular weight excluding hydrogens is 394 g/mol. The number of thioether (sulfide) groups is 1. The highest BCUT2D eigenvalue weighted by atomic mass is 32.2. The highest BCUT2D eigenvalue weighted by molar-refractivity contribution is 8.13. The Morgan fingerprint density at radius 3 is 2.33 bits per heavy atom. The molecule has 1 aromatic carbocycles. The molecule has 2 rings (SSSR count). The van der Waals surface area contributed by atoms with Crippen molar-refractivity contribution in [2.24, 2.45) is 16.7 Å². The van der Waals surface area contributed by atoms with Gasteiger partial charge in [0.25, 0.3) is 0 Å². The normalized spacial score (nSPS) is 16.3. The summed E-state index contributed by atoms with van der Waals surface area (Å²) in [6, 6.07) is 7.49. The summed E-state index contributed by atoms with van der Waals surface area (Å²) in [5.41, 5.74) is -0.359. The third-order valence-corrected chi connectivity index (χ3v) is 7.39. The fraction of sp³-hybridized carbons (Fsp3) is 0.640. The van der Waals surface area contributed by atoms with E-state index < -0.39 is 5.41 Å². The summed E-state index contributed by atoms with van der Waals surface area (Å²) in [7, 11) is 0.